The third kappa shape index (κ3) is 10.3. The van der Waals surface area contributed by atoms with Crippen LogP contribution in [-0.4, -0.2) is 48.5 Å². The molecule has 0 aliphatic heterocycles. The van der Waals surface area contributed by atoms with E-state index in [0.29, 0.717) is 17.9 Å². The average Bonchev–Trinajstić information content (AvgIpc) is 2.87. The van der Waals surface area contributed by atoms with Crippen LogP contribution in [-0.2, 0) is 14.9 Å². The Morgan fingerprint density at radius 2 is 1.46 bits per heavy atom. The van der Waals surface area contributed by atoms with Crippen molar-refractivity contribution >= 4 is 67.8 Å². The van der Waals surface area contributed by atoms with Crippen molar-refractivity contribution < 1.29 is 22.5 Å². The van der Waals surface area contributed by atoms with Crippen molar-refractivity contribution in [1.82, 2.24) is 0 Å². The van der Waals surface area contributed by atoms with Crippen molar-refractivity contribution in [2.45, 2.75) is 76.0 Å². The summed E-state index contributed by atoms with van der Waals surface area (Å²) in [4.78, 5) is 12.2. The fourth-order valence-corrected chi connectivity index (χ4v) is 4.52. The molecule has 0 saturated heterocycles. The van der Waals surface area contributed by atoms with Crippen molar-refractivity contribution in [1.29, 1.82) is 0 Å². The van der Waals surface area contributed by atoms with Gasteiger partial charge in [0.2, 0.25) is 0 Å². The molecule has 0 amide bonds. The second-order valence-electron chi connectivity index (χ2n) is 8.85. The zero-order valence-corrected chi connectivity index (χ0v) is 21.5. The first-order valence-electron chi connectivity index (χ1n) is 12.6. The SMILES string of the molecule is CCCCCCCCCCCC(=O)Oc1ccc(N=Nc2cccc(S(=O)(=O)O)c2)c2ccccc12.[NaH]. The molecule has 3 aromatic carbocycles. The summed E-state index contributed by atoms with van der Waals surface area (Å²) in [6, 6.07) is 16.4. The number of hydrogen-bond donors (Lipinski definition) is 1. The van der Waals surface area contributed by atoms with Crippen LogP contribution in [0.15, 0.2) is 75.8 Å². The van der Waals surface area contributed by atoms with E-state index in [2.05, 4.69) is 17.2 Å². The molecule has 0 spiro atoms. The first-order valence-corrected chi connectivity index (χ1v) is 14.0. The van der Waals surface area contributed by atoms with E-state index < -0.39 is 10.1 Å². The number of azo groups is 1. The van der Waals surface area contributed by atoms with Gasteiger partial charge in [-0.2, -0.15) is 13.5 Å². The van der Waals surface area contributed by atoms with E-state index in [9.17, 15) is 17.8 Å². The predicted molar refractivity (Wildman–Crippen MR) is 149 cm³/mol. The Balaban J connectivity index is 0.00000481. The number of carbonyl (C=O) groups excluding carboxylic acids is 1. The van der Waals surface area contributed by atoms with Gasteiger partial charge in [-0.1, -0.05) is 88.6 Å². The van der Waals surface area contributed by atoms with E-state index in [1.54, 1.807) is 18.2 Å². The van der Waals surface area contributed by atoms with Crippen molar-refractivity contribution in [3.8, 4) is 5.75 Å². The Morgan fingerprint density at radius 3 is 2.14 bits per heavy atom. The van der Waals surface area contributed by atoms with Crippen LogP contribution in [0.4, 0.5) is 11.4 Å². The monoisotopic (exact) mass is 534 g/mol. The molecule has 0 heterocycles. The average molecular weight is 535 g/mol. The van der Waals surface area contributed by atoms with Gasteiger partial charge in [0, 0.05) is 17.2 Å². The molecule has 0 unspecified atom stereocenters. The van der Waals surface area contributed by atoms with Crippen LogP contribution < -0.4 is 4.74 Å². The molecule has 1 N–H and O–H groups in total. The third-order valence-electron chi connectivity index (χ3n) is 5.96. The number of benzene rings is 3. The minimum atomic E-state index is -4.33. The molecule has 0 fully saturated rings. The molecule has 0 aliphatic carbocycles. The summed E-state index contributed by atoms with van der Waals surface area (Å²) in [6.07, 6.45) is 11.1. The summed E-state index contributed by atoms with van der Waals surface area (Å²) in [5, 5.41) is 9.86. The van der Waals surface area contributed by atoms with Crippen LogP contribution in [0.25, 0.3) is 10.8 Å². The molecule has 0 bridgehead atoms. The van der Waals surface area contributed by atoms with E-state index in [1.807, 2.05) is 24.3 Å². The van der Waals surface area contributed by atoms with Crippen LogP contribution >= 0.6 is 0 Å². The number of esters is 1. The minimum absolute atomic E-state index is 0. The molecule has 0 radical (unpaired) electrons. The Bertz CT molecular complexity index is 1290. The van der Waals surface area contributed by atoms with Gasteiger partial charge in [-0.05, 0) is 36.8 Å². The van der Waals surface area contributed by atoms with E-state index in [0.717, 1.165) is 30.0 Å². The summed E-state index contributed by atoms with van der Waals surface area (Å²) in [5.74, 6) is 0.221. The number of ether oxygens (including phenoxy) is 1. The topological polar surface area (TPSA) is 105 Å². The molecule has 194 valence electrons. The quantitative estimate of drug-likeness (QED) is 0.0570. The van der Waals surface area contributed by atoms with Gasteiger partial charge < -0.3 is 4.74 Å². The molecular weight excluding hydrogens is 499 g/mol. The summed E-state index contributed by atoms with van der Waals surface area (Å²) >= 11 is 0. The van der Waals surface area contributed by atoms with E-state index >= 15 is 0 Å². The predicted octanol–water partition coefficient (Wildman–Crippen LogP) is 7.68. The van der Waals surface area contributed by atoms with Gasteiger partial charge in [0.05, 0.1) is 16.3 Å². The van der Waals surface area contributed by atoms with Crippen molar-refractivity contribution in [2.75, 3.05) is 0 Å². The normalized spacial score (nSPS) is 11.5. The van der Waals surface area contributed by atoms with Crippen LogP contribution in [0.1, 0.15) is 71.1 Å². The maximum atomic E-state index is 12.4. The standard InChI is InChI=1S/C28H34N2O5S.Na.H/c1-2-3-4-5-6-7-8-9-10-18-28(31)35-27-20-19-26(24-16-11-12-17-25(24)27)30-29-22-14-13-15-23(21-22)36(32,33)34;;/h11-17,19-21H,2-10,18H2,1H3,(H,32,33,34);;. The Labute approximate surface area is 241 Å². The number of fused-ring (bicyclic) bond motifs is 1. The molecule has 3 aromatic rings. The zero-order valence-electron chi connectivity index (χ0n) is 20.7. The summed E-state index contributed by atoms with van der Waals surface area (Å²) < 4.78 is 37.6. The molecule has 3 rings (SSSR count). The molecule has 37 heavy (non-hydrogen) atoms. The maximum absolute atomic E-state index is 12.4. The zero-order chi connectivity index (χ0) is 25.8. The van der Waals surface area contributed by atoms with Crippen molar-refractivity contribution in [3.63, 3.8) is 0 Å². The van der Waals surface area contributed by atoms with Gasteiger partial charge in [-0.15, -0.1) is 5.11 Å². The Kier molecular flexibility index (Phi) is 13.5. The fourth-order valence-electron chi connectivity index (χ4n) is 4.00. The molecule has 9 heteroatoms. The number of nitrogens with zero attached hydrogens (tertiary/aromatic N) is 2. The van der Waals surface area contributed by atoms with Crippen LogP contribution in [0.5, 0.6) is 5.75 Å². The number of rotatable bonds is 14. The van der Waals surface area contributed by atoms with Crippen molar-refractivity contribution in [3.05, 3.63) is 60.7 Å². The van der Waals surface area contributed by atoms with E-state index in [4.69, 9.17) is 4.74 Å². The first-order chi connectivity index (χ1) is 17.4. The van der Waals surface area contributed by atoms with Gasteiger partial charge >= 0.3 is 35.5 Å². The van der Waals surface area contributed by atoms with E-state index in [-0.39, 0.29) is 46.1 Å². The third-order valence-corrected chi connectivity index (χ3v) is 6.81. The Morgan fingerprint density at radius 1 is 0.811 bits per heavy atom. The van der Waals surface area contributed by atoms with Gasteiger partial charge in [0.25, 0.3) is 10.1 Å². The fraction of sp³-hybridized carbons (Fsp3) is 0.393. The summed E-state index contributed by atoms with van der Waals surface area (Å²) in [7, 11) is -4.33. The summed E-state index contributed by atoms with van der Waals surface area (Å²) in [5.41, 5.74) is 0.826. The van der Waals surface area contributed by atoms with Gasteiger partial charge in [-0.25, -0.2) is 0 Å². The molecule has 0 saturated carbocycles. The number of carbonyl (C=O) groups is 1. The number of unbranched alkanes of at least 4 members (excludes halogenated alkanes) is 8. The van der Waals surface area contributed by atoms with Gasteiger partial charge in [-0.3, -0.25) is 9.35 Å². The number of hydrogen-bond acceptors (Lipinski definition) is 6. The van der Waals surface area contributed by atoms with Gasteiger partial charge in [0.1, 0.15) is 5.75 Å². The van der Waals surface area contributed by atoms with Crippen LogP contribution in [0, 0.1) is 0 Å². The van der Waals surface area contributed by atoms with Crippen LogP contribution in [0.2, 0.25) is 0 Å². The summed E-state index contributed by atoms with van der Waals surface area (Å²) in [6.45, 7) is 2.22. The molecular formula is C28H35N2NaO5S. The molecule has 0 atom stereocenters. The second kappa shape index (κ2) is 16.0. The second-order valence-corrected chi connectivity index (χ2v) is 10.3. The van der Waals surface area contributed by atoms with Crippen LogP contribution in [0.3, 0.4) is 0 Å². The van der Waals surface area contributed by atoms with E-state index in [1.165, 1.54) is 56.7 Å². The molecule has 7 nitrogen and oxygen atoms in total. The van der Waals surface area contributed by atoms with Gasteiger partial charge in [0.15, 0.2) is 0 Å². The van der Waals surface area contributed by atoms with Crippen molar-refractivity contribution in [2.24, 2.45) is 10.2 Å². The molecule has 0 aliphatic rings. The Hall–Kier alpha value is -2.10. The molecule has 0 aromatic heterocycles. The first kappa shape index (κ1) is 31.1.